The molecule has 1 aromatic heterocycles. The first kappa shape index (κ1) is 14.8. The van der Waals surface area contributed by atoms with Crippen LogP contribution in [0.1, 0.15) is 28.8 Å². The monoisotopic (exact) mass is 299 g/mol. The minimum atomic E-state index is -0.845. The fraction of sp³-hybridized carbons (Fsp3) is 0.412. The number of carbonyl (C=O) groups is 1. The van der Waals surface area contributed by atoms with Crippen molar-refractivity contribution in [3.63, 3.8) is 0 Å². The van der Waals surface area contributed by atoms with Gasteiger partial charge < -0.3 is 9.67 Å². The fourth-order valence-electron chi connectivity index (χ4n) is 3.24. The van der Waals surface area contributed by atoms with Crippen LogP contribution in [-0.4, -0.2) is 38.6 Å². The van der Waals surface area contributed by atoms with E-state index in [1.165, 1.54) is 6.42 Å². The van der Waals surface area contributed by atoms with Crippen LogP contribution in [0.5, 0.6) is 0 Å². The molecule has 0 saturated carbocycles. The van der Waals surface area contributed by atoms with Crippen molar-refractivity contribution in [1.82, 2.24) is 14.5 Å². The molecule has 0 spiro atoms. The van der Waals surface area contributed by atoms with Crippen LogP contribution < -0.4 is 0 Å². The van der Waals surface area contributed by atoms with E-state index in [0.29, 0.717) is 18.0 Å². The minimum Gasteiger partial charge on any atom is -0.478 e. The van der Waals surface area contributed by atoms with E-state index in [0.717, 1.165) is 31.6 Å². The van der Waals surface area contributed by atoms with Crippen molar-refractivity contribution < 1.29 is 9.90 Å². The number of carboxylic acid groups (broad SMARTS) is 1. The van der Waals surface area contributed by atoms with Gasteiger partial charge in [-0.25, -0.2) is 9.78 Å². The van der Waals surface area contributed by atoms with Gasteiger partial charge in [0.05, 0.1) is 11.9 Å². The predicted octanol–water partition coefficient (Wildman–Crippen LogP) is 2.49. The van der Waals surface area contributed by atoms with Gasteiger partial charge in [-0.05, 0) is 36.9 Å². The van der Waals surface area contributed by atoms with Gasteiger partial charge in [-0.1, -0.05) is 18.2 Å². The molecule has 1 unspecified atom stereocenters. The normalized spacial score (nSPS) is 19.2. The molecule has 5 heteroatoms. The van der Waals surface area contributed by atoms with Crippen LogP contribution in [0.25, 0.3) is 0 Å². The van der Waals surface area contributed by atoms with Gasteiger partial charge >= 0.3 is 5.97 Å². The number of imidazole rings is 1. The van der Waals surface area contributed by atoms with E-state index >= 15 is 0 Å². The molecule has 0 amide bonds. The molecule has 1 N–H and O–H groups in total. The third kappa shape index (κ3) is 3.54. The Morgan fingerprint density at radius 3 is 3.00 bits per heavy atom. The summed E-state index contributed by atoms with van der Waals surface area (Å²) in [5.41, 5.74) is 1.32. The summed E-state index contributed by atoms with van der Waals surface area (Å²) in [4.78, 5) is 17.8. The van der Waals surface area contributed by atoms with Crippen LogP contribution >= 0.6 is 0 Å². The summed E-state index contributed by atoms with van der Waals surface area (Å²) in [6.07, 6.45) is 8.05. The number of likely N-dealkylation sites (tertiary alicyclic amines) is 1. The Bertz CT molecular complexity index is 625. The molecule has 1 fully saturated rings. The number of carboxylic acids is 1. The summed E-state index contributed by atoms with van der Waals surface area (Å²) in [6.45, 7) is 3.74. The lowest BCUT2D eigenvalue weighted by atomic mass is 9.97. The van der Waals surface area contributed by atoms with E-state index < -0.39 is 5.97 Å². The number of hydrogen-bond acceptors (Lipinski definition) is 3. The largest absolute Gasteiger partial charge is 0.478 e. The standard InChI is InChI=1S/C17H21N3O2/c21-17(22)16-6-2-1-5-15(16)12-19-8-3-4-14(10-19)11-20-9-7-18-13-20/h1-2,5-7,9,13-14H,3-4,8,10-12H2,(H,21,22). The second kappa shape index (κ2) is 6.75. The smallest absolute Gasteiger partial charge is 0.336 e. The van der Waals surface area contributed by atoms with Gasteiger partial charge in [0.1, 0.15) is 0 Å². The molecule has 1 aliphatic rings. The van der Waals surface area contributed by atoms with Crippen molar-refractivity contribution in [2.24, 2.45) is 5.92 Å². The van der Waals surface area contributed by atoms with Crippen molar-refractivity contribution in [3.05, 3.63) is 54.1 Å². The number of piperidine rings is 1. The van der Waals surface area contributed by atoms with Crippen molar-refractivity contribution in [1.29, 1.82) is 0 Å². The summed E-state index contributed by atoms with van der Waals surface area (Å²) in [6, 6.07) is 7.30. The Kier molecular flexibility index (Phi) is 4.53. The molecule has 2 heterocycles. The van der Waals surface area contributed by atoms with Crippen molar-refractivity contribution in [3.8, 4) is 0 Å². The quantitative estimate of drug-likeness (QED) is 0.921. The zero-order valence-electron chi connectivity index (χ0n) is 12.6. The zero-order valence-corrected chi connectivity index (χ0v) is 12.6. The Morgan fingerprint density at radius 1 is 1.36 bits per heavy atom. The Hall–Kier alpha value is -2.14. The SMILES string of the molecule is O=C(O)c1ccccc1CN1CCCC(Cn2ccnc2)C1. The highest BCUT2D eigenvalue weighted by Crippen LogP contribution is 2.21. The molecule has 5 nitrogen and oxygen atoms in total. The maximum Gasteiger partial charge on any atom is 0.336 e. The highest BCUT2D eigenvalue weighted by molar-refractivity contribution is 5.89. The van der Waals surface area contributed by atoms with E-state index in [1.54, 1.807) is 12.1 Å². The van der Waals surface area contributed by atoms with Gasteiger partial charge in [-0.2, -0.15) is 0 Å². The van der Waals surface area contributed by atoms with E-state index in [9.17, 15) is 9.90 Å². The van der Waals surface area contributed by atoms with Gasteiger partial charge in [-0.3, -0.25) is 4.90 Å². The first-order valence-corrected chi connectivity index (χ1v) is 7.71. The molecule has 116 valence electrons. The van der Waals surface area contributed by atoms with Crippen molar-refractivity contribution in [2.75, 3.05) is 13.1 Å². The van der Waals surface area contributed by atoms with Crippen molar-refractivity contribution in [2.45, 2.75) is 25.9 Å². The summed E-state index contributed by atoms with van der Waals surface area (Å²) >= 11 is 0. The van der Waals surface area contributed by atoms with Crippen LogP contribution in [-0.2, 0) is 13.1 Å². The van der Waals surface area contributed by atoms with Gasteiger partial charge in [0.25, 0.3) is 0 Å². The second-order valence-electron chi connectivity index (χ2n) is 5.97. The molecule has 1 atom stereocenters. The number of rotatable bonds is 5. The lowest BCUT2D eigenvalue weighted by Crippen LogP contribution is -2.36. The summed E-state index contributed by atoms with van der Waals surface area (Å²) in [5.74, 6) is -0.248. The number of aromatic carboxylic acids is 1. The predicted molar refractivity (Wildman–Crippen MR) is 83.6 cm³/mol. The fourth-order valence-corrected chi connectivity index (χ4v) is 3.24. The lowest BCUT2D eigenvalue weighted by Gasteiger charge is -2.33. The Labute approximate surface area is 130 Å². The van der Waals surface area contributed by atoms with Gasteiger partial charge in [0.2, 0.25) is 0 Å². The van der Waals surface area contributed by atoms with E-state index in [4.69, 9.17) is 0 Å². The molecular weight excluding hydrogens is 278 g/mol. The third-order valence-electron chi connectivity index (χ3n) is 4.27. The Balaban J connectivity index is 1.64. The maximum atomic E-state index is 11.3. The first-order valence-electron chi connectivity index (χ1n) is 7.71. The summed E-state index contributed by atoms with van der Waals surface area (Å²) in [7, 11) is 0. The molecule has 2 aromatic rings. The van der Waals surface area contributed by atoms with Crippen LogP contribution in [0.15, 0.2) is 43.0 Å². The molecule has 22 heavy (non-hydrogen) atoms. The molecular formula is C17H21N3O2. The molecule has 3 rings (SSSR count). The average molecular weight is 299 g/mol. The van der Waals surface area contributed by atoms with Crippen LogP contribution in [0.2, 0.25) is 0 Å². The van der Waals surface area contributed by atoms with E-state index in [-0.39, 0.29) is 0 Å². The number of benzene rings is 1. The van der Waals surface area contributed by atoms with Gasteiger partial charge in [-0.15, -0.1) is 0 Å². The van der Waals surface area contributed by atoms with Gasteiger partial charge in [0, 0.05) is 32.0 Å². The molecule has 0 radical (unpaired) electrons. The van der Waals surface area contributed by atoms with Crippen molar-refractivity contribution >= 4 is 5.97 Å². The summed E-state index contributed by atoms with van der Waals surface area (Å²) in [5, 5.41) is 9.29. The second-order valence-corrected chi connectivity index (χ2v) is 5.97. The van der Waals surface area contributed by atoms with Crippen LogP contribution in [0, 0.1) is 5.92 Å². The molecule has 1 aromatic carbocycles. The average Bonchev–Trinajstić information content (AvgIpc) is 3.01. The topological polar surface area (TPSA) is 58.4 Å². The molecule has 1 aliphatic heterocycles. The lowest BCUT2D eigenvalue weighted by molar-refractivity contribution is 0.0693. The van der Waals surface area contributed by atoms with E-state index in [1.807, 2.05) is 30.9 Å². The third-order valence-corrected chi connectivity index (χ3v) is 4.27. The van der Waals surface area contributed by atoms with E-state index in [2.05, 4.69) is 14.5 Å². The molecule has 0 bridgehead atoms. The zero-order chi connectivity index (χ0) is 15.4. The highest BCUT2D eigenvalue weighted by atomic mass is 16.4. The van der Waals surface area contributed by atoms with Crippen LogP contribution in [0.3, 0.4) is 0 Å². The van der Waals surface area contributed by atoms with Crippen LogP contribution in [0.4, 0.5) is 0 Å². The summed E-state index contributed by atoms with van der Waals surface area (Å²) < 4.78 is 2.12. The Morgan fingerprint density at radius 2 is 2.23 bits per heavy atom. The highest BCUT2D eigenvalue weighted by Gasteiger charge is 2.21. The number of nitrogens with zero attached hydrogens (tertiary/aromatic N) is 3. The minimum absolute atomic E-state index is 0.416. The molecule has 0 aliphatic carbocycles. The maximum absolute atomic E-state index is 11.3. The number of hydrogen-bond donors (Lipinski definition) is 1. The first-order chi connectivity index (χ1) is 10.7. The molecule has 1 saturated heterocycles. The number of aromatic nitrogens is 2. The van der Waals surface area contributed by atoms with Gasteiger partial charge in [0.15, 0.2) is 0 Å².